The Bertz CT molecular complexity index is 383. The summed E-state index contributed by atoms with van der Waals surface area (Å²) in [7, 11) is 1.37. The first-order valence-electron chi connectivity index (χ1n) is 4.60. The summed E-state index contributed by atoms with van der Waals surface area (Å²) in [5.74, 6) is -0.352. The highest BCUT2D eigenvalue weighted by atomic mass is 79.9. The third kappa shape index (κ3) is 2.78. The lowest BCUT2D eigenvalue weighted by Gasteiger charge is -2.18. The van der Waals surface area contributed by atoms with Gasteiger partial charge in [0, 0.05) is 17.3 Å². The molecule has 0 aliphatic rings. The zero-order valence-electron chi connectivity index (χ0n) is 9.30. The standard InChI is InChI=1S/C11H14BrNO2/c1-11(2,3)9-5-7(10(14)15-4)8(12)6-13-9/h5-6H,1-4H3. The lowest BCUT2D eigenvalue weighted by molar-refractivity contribution is 0.0599. The van der Waals surface area contributed by atoms with Gasteiger partial charge in [-0.05, 0) is 22.0 Å². The number of pyridine rings is 1. The van der Waals surface area contributed by atoms with Gasteiger partial charge in [-0.2, -0.15) is 0 Å². The molecule has 0 fully saturated rings. The highest BCUT2D eigenvalue weighted by Crippen LogP contribution is 2.24. The third-order valence-electron chi connectivity index (χ3n) is 2.03. The van der Waals surface area contributed by atoms with Crippen molar-refractivity contribution in [1.29, 1.82) is 0 Å². The quantitative estimate of drug-likeness (QED) is 0.738. The molecule has 4 heteroatoms. The van der Waals surface area contributed by atoms with Crippen molar-refractivity contribution in [2.75, 3.05) is 7.11 Å². The molecular formula is C11H14BrNO2. The Kier molecular flexibility index (Phi) is 3.50. The Morgan fingerprint density at radius 2 is 2.07 bits per heavy atom. The van der Waals surface area contributed by atoms with E-state index in [9.17, 15) is 4.79 Å². The maximum atomic E-state index is 11.4. The third-order valence-corrected chi connectivity index (χ3v) is 2.66. The summed E-state index contributed by atoms with van der Waals surface area (Å²) in [6.07, 6.45) is 1.63. The predicted octanol–water partition coefficient (Wildman–Crippen LogP) is 2.93. The molecule has 0 radical (unpaired) electrons. The largest absolute Gasteiger partial charge is 0.465 e. The van der Waals surface area contributed by atoms with Gasteiger partial charge < -0.3 is 4.74 Å². The first-order chi connectivity index (χ1) is 6.86. The van der Waals surface area contributed by atoms with Crippen LogP contribution in [0.25, 0.3) is 0 Å². The van der Waals surface area contributed by atoms with Crippen LogP contribution < -0.4 is 0 Å². The van der Waals surface area contributed by atoms with Gasteiger partial charge in [-0.15, -0.1) is 0 Å². The summed E-state index contributed by atoms with van der Waals surface area (Å²) in [5.41, 5.74) is 1.30. The summed E-state index contributed by atoms with van der Waals surface area (Å²) < 4.78 is 5.34. The van der Waals surface area contributed by atoms with Gasteiger partial charge in [-0.25, -0.2) is 4.79 Å². The van der Waals surface area contributed by atoms with Crippen molar-refractivity contribution < 1.29 is 9.53 Å². The van der Waals surface area contributed by atoms with E-state index in [1.165, 1.54) is 7.11 Å². The number of aromatic nitrogens is 1. The Labute approximate surface area is 98.0 Å². The van der Waals surface area contributed by atoms with Crippen molar-refractivity contribution in [2.24, 2.45) is 0 Å². The second-order valence-electron chi connectivity index (χ2n) is 4.29. The topological polar surface area (TPSA) is 39.2 Å². The van der Waals surface area contributed by atoms with Crippen molar-refractivity contribution in [2.45, 2.75) is 26.2 Å². The SMILES string of the molecule is COC(=O)c1cc(C(C)(C)C)ncc1Br. The molecule has 0 bridgehead atoms. The van der Waals surface area contributed by atoms with Gasteiger partial charge in [0.2, 0.25) is 0 Å². The molecule has 1 aromatic heterocycles. The number of nitrogens with zero attached hydrogens (tertiary/aromatic N) is 1. The average Bonchev–Trinajstić information content (AvgIpc) is 2.15. The van der Waals surface area contributed by atoms with Crippen LogP contribution in [-0.2, 0) is 10.2 Å². The minimum atomic E-state index is -0.352. The zero-order chi connectivity index (χ0) is 11.6. The second kappa shape index (κ2) is 4.31. The van der Waals surface area contributed by atoms with Crippen LogP contribution in [-0.4, -0.2) is 18.1 Å². The van der Waals surface area contributed by atoms with E-state index >= 15 is 0 Å². The normalized spacial score (nSPS) is 11.3. The van der Waals surface area contributed by atoms with Crippen LogP contribution in [0.2, 0.25) is 0 Å². The summed E-state index contributed by atoms with van der Waals surface area (Å²) in [6, 6.07) is 1.76. The summed E-state index contributed by atoms with van der Waals surface area (Å²) >= 11 is 3.28. The highest BCUT2D eigenvalue weighted by Gasteiger charge is 2.19. The van der Waals surface area contributed by atoms with Crippen molar-refractivity contribution >= 4 is 21.9 Å². The summed E-state index contributed by atoms with van der Waals surface area (Å²) in [6.45, 7) is 6.14. The summed E-state index contributed by atoms with van der Waals surface area (Å²) in [4.78, 5) is 15.7. The molecule has 1 aromatic rings. The van der Waals surface area contributed by atoms with Crippen molar-refractivity contribution in [1.82, 2.24) is 4.98 Å². The van der Waals surface area contributed by atoms with E-state index in [0.29, 0.717) is 10.0 Å². The Balaban J connectivity index is 3.23. The molecular weight excluding hydrogens is 258 g/mol. The maximum Gasteiger partial charge on any atom is 0.339 e. The fourth-order valence-corrected chi connectivity index (χ4v) is 1.49. The van der Waals surface area contributed by atoms with E-state index < -0.39 is 0 Å². The number of ether oxygens (including phenoxy) is 1. The first-order valence-corrected chi connectivity index (χ1v) is 5.40. The van der Waals surface area contributed by atoms with Crippen molar-refractivity contribution in [3.8, 4) is 0 Å². The fraction of sp³-hybridized carbons (Fsp3) is 0.455. The Morgan fingerprint density at radius 1 is 1.47 bits per heavy atom. The number of esters is 1. The maximum absolute atomic E-state index is 11.4. The van der Waals surface area contributed by atoms with Crippen LogP contribution in [0.5, 0.6) is 0 Å². The van der Waals surface area contributed by atoms with E-state index in [0.717, 1.165) is 5.69 Å². The number of hydrogen-bond donors (Lipinski definition) is 0. The number of carbonyl (C=O) groups excluding carboxylic acids is 1. The number of carbonyl (C=O) groups is 1. The minimum absolute atomic E-state index is 0.0799. The molecule has 3 nitrogen and oxygen atoms in total. The van der Waals surface area contributed by atoms with Gasteiger partial charge in [0.25, 0.3) is 0 Å². The molecule has 0 saturated heterocycles. The Hall–Kier alpha value is -0.900. The van der Waals surface area contributed by atoms with Crippen LogP contribution in [0.4, 0.5) is 0 Å². The number of rotatable bonds is 1. The van der Waals surface area contributed by atoms with Gasteiger partial charge in [-0.1, -0.05) is 20.8 Å². The van der Waals surface area contributed by atoms with E-state index in [-0.39, 0.29) is 11.4 Å². The van der Waals surface area contributed by atoms with E-state index in [1.54, 1.807) is 12.3 Å². The molecule has 0 atom stereocenters. The van der Waals surface area contributed by atoms with E-state index in [4.69, 9.17) is 0 Å². The fourth-order valence-electron chi connectivity index (χ4n) is 1.12. The van der Waals surface area contributed by atoms with Crippen LogP contribution in [0.3, 0.4) is 0 Å². The monoisotopic (exact) mass is 271 g/mol. The molecule has 0 N–H and O–H groups in total. The zero-order valence-corrected chi connectivity index (χ0v) is 10.9. The molecule has 0 aromatic carbocycles. The average molecular weight is 272 g/mol. The predicted molar refractivity (Wildman–Crippen MR) is 62.0 cm³/mol. The highest BCUT2D eigenvalue weighted by molar-refractivity contribution is 9.10. The van der Waals surface area contributed by atoms with Gasteiger partial charge in [-0.3, -0.25) is 4.98 Å². The molecule has 0 aliphatic carbocycles. The molecule has 0 aliphatic heterocycles. The number of methoxy groups -OCH3 is 1. The second-order valence-corrected chi connectivity index (χ2v) is 5.15. The molecule has 1 heterocycles. The lowest BCUT2D eigenvalue weighted by Crippen LogP contribution is -2.15. The number of hydrogen-bond acceptors (Lipinski definition) is 3. The van der Waals surface area contributed by atoms with Crippen LogP contribution in [0.15, 0.2) is 16.7 Å². The molecule has 82 valence electrons. The van der Waals surface area contributed by atoms with Crippen molar-refractivity contribution in [3.63, 3.8) is 0 Å². The van der Waals surface area contributed by atoms with E-state index in [2.05, 4.69) is 25.7 Å². The molecule has 0 amide bonds. The Morgan fingerprint density at radius 3 is 2.53 bits per heavy atom. The van der Waals surface area contributed by atoms with Crippen LogP contribution in [0.1, 0.15) is 36.8 Å². The molecule has 15 heavy (non-hydrogen) atoms. The minimum Gasteiger partial charge on any atom is -0.465 e. The van der Waals surface area contributed by atoms with Gasteiger partial charge in [0.15, 0.2) is 0 Å². The molecule has 1 rings (SSSR count). The lowest BCUT2D eigenvalue weighted by atomic mass is 9.91. The first kappa shape index (κ1) is 12.2. The van der Waals surface area contributed by atoms with Gasteiger partial charge >= 0.3 is 5.97 Å². The summed E-state index contributed by atoms with van der Waals surface area (Å²) in [5, 5.41) is 0. The number of halogens is 1. The van der Waals surface area contributed by atoms with Crippen molar-refractivity contribution in [3.05, 3.63) is 28.0 Å². The van der Waals surface area contributed by atoms with Crippen LogP contribution in [0, 0.1) is 0 Å². The van der Waals surface area contributed by atoms with E-state index in [1.807, 2.05) is 20.8 Å². The molecule has 0 spiro atoms. The van der Waals surface area contributed by atoms with Crippen LogP contribution >= 0.6 is 15.9 Å². The van der Waals surface area contributed by atoms with Gasteiger partial charge in [0.1, 0.15) is 0 Å². The van der Waals surface area contributed by atoms with Gasteiger partial charge in [0.05, 0.1) is 17.1 Å². The molecule has 0 saturated carbocycles. The smallest absolute Gasteiger partial charge is 0.339 e. The molecule has 0 unspecified atom stereocenters.